The zero-order valence-electron chi connectivity index (χ0n) is 32.9. The van der Waals surface area contributed by atoms with E-state index in [0.29, 0.717) is 12.8 Å². The van der Waals surface area contributed by atoms with Crippen molar-refractivity contribution in [1.82, 2.24) is 0 Å². The Hall–Kier alpha value is -2.14. The van der Waals surface area contributed by atoms with E-state index >= 15 is 0 Å². The molecule has 0 heterocycles. The molecule has 290 valence electrons. The number of rotatable bonds is 38. The first kappa shape index (κ1) is 47.9. The number of allylic oxidation sites excluding steroid dienone is 8. The van der Waals surface area contributed by atoms with Crippen molar-refractivity contribution in [3.63, 3.8) is 0 Å². The van der Waals surface area contributed by atoms with Gasteiger partial charge in [0.05, 0.1) is 6.61 Å². The SMILES string of the molecule is CC/C=C/C/C=C/C/C=C/C/C=C/CCCCC(=O)OC[C@H](CO)OC(=O)CCCCCCCCCCCCCCCCCCCCCCC. The maximum Gasteiger partial charge on any atom is 0.306 e. The number of aliphatic hydroxyl groups excluding tert-OH is 1. The molecule has 0 bridgehead atoms. The van der Waals surface area contributed by atoms with Gasteiger partial charge in [0, 0.05) is 12.8 Å². The van der Waals surface area contributed by atoms with Crippen LogP contribution in [0.4, 0.5) is 0 Å². The standard InChI is InChI=1S/C45H80O5/c1-3-5-7-9-11-13-15-17-19-20-21-22-23-24-26-28-30-32-34-36-38-40-45(48)50-43(41-46)42-49-44(47)39-37-35-33-31-29-27-25-18-16-14-12-10-8-6-4-2/h6,8,12,14,18,25,29,31,43,46H,3-5,7,9-11,13,15-17,19-24,26-28,30,32-42H2,1-2H3/b8-6+,14-12+,25-18+,31-29+/t43-/m0/s1. The Balaban J connectivity index is 3.55. The molecule has 0 aliphatic rings. The molecule has 0 rings (SSSR count). The smallest absolute Gasteiger partial charge is 0.306 e. The van der Waals surface area contributed by atoms with Crippen molar-refractivity contribution in [2.24, 2.45) is 0 Å². The minimum absolute atomic E-state index is 0.0861. The molecule has 0 saturated carbocycles. The van der Waals surface area contributed by atoms with Crippen LogP contribution in [0.15, 0.2) is 48.6 Å². The normalized spacial score (nSPS) is 12.6. The van der Waals surface area contributed by atoms with Gasteiger partial charge in [-0.2, -0.15) is 0 Å². The van der Waals surface area contributed by atoms with Gasteiger partial charge in [-0.25, -0.2) is 0 Å². The third kappa shape index (κ3) is 38.7. The predicted octanol–water partition coefficient (Wildman–Crippen LogP) is 13.4. The highest BCUT2D eigenvalue weighted by Gasteiger charge is 2.16. The third-order valence-corrected chi connectivity index (χ3v) is 9.14. The summed E-state index contributed by atoms with van der Waals surface area (Å²) >= 11 is 0. The average molecular weight is 701 g/mol. The van der Waals surface area contributed by atoms with Crippen LogP contribution in [-0.2, 0) is 19.1 Å². The highest BCUT2D eigenvalue weighted by molar-refractivity contribution is 5.70. The summed E-state index contributed by atoms with van der Waals surface area (Å²) in [6.45, 7) is 4.00. The van der Waals surface area contributed by atoms with Crippen LogP contribution in [0.25, 0.3) is 0 Å². The van der Waals surface area contributed by atoms with Gasteiger partial charge in [0.2, 0.25) is 0 Å². The Morgan fingerprint density at radius 2 is 0.860 bits per heavy atom. The molecule has 5 nitrogen and oxygen atoms in total. The van der Waals surface area contributed by atoms with Crippen molar-refractivity contribution in [2.75, 3.05) is 13.2 Å². The zero-order valence-corrected chi connectivity index (χ0v) is 32.9. The van der Waals surface area contributed by atoms with E-state index in [1.807, 2.05) is 0 Å². The van der Waals surface area contributed by atoms with Crippen molar-refractivity contribution >= 4 is 11.9 Å². The third-order valence-electron chi connectivity index (χ3n) is 9.14. The van der Waals surface area contributed by atoms with Gasteiger partial charge in [-0.1, -0.05) is 191 Å². The van der Waals surface area contributed by atoms with Crippen molar-refractivity contribution in [3.8, 4) is 0 Å². The molecule has 0 saturated heterocycles. The van der Waals surface area contributed by atoms with Crippen molar-refractivity contribution in [2.45, 2.75) is 213 Å². The number of hydrogen-bond acceptors (Lipinski definition) is 5. The highest BCUT2D eigenvalue weighted by atomic mass is 16.6. The van der Waals surface area contributed by atoms with E-state index in [1.54, 1.807) is 0 Å². The average Bonchev–Trinajstić information content (AvgIpc) is 3.12. The first-order valence-electron chi connectivity index (χ1n) is 21.2. The molecule has 0 amide bonds. The number of carbonyl (C=O) groups is 2. The van der Waals surface area contributed by atoms with E-state index in [2.05, 4.69) is 62.5 Å². The van der Waals surface area contributed by atoms with Crippen LogP contribution in [0.1, 0.15) is 206 Å². The van der Waals surface area contributed by atoms with Crippen molar-refractivity contribution in [1.29, 1.82) is 0 Å². The summed E-state index contributed by atoms with van der Waals surface area (Å²) in [4.78, 5) is 24.3. The molecule has 5 heteroatoms. The molecule has 1 atom stereocenters. The van der Waals surface area contributed by atoms with E-state index in [4.69, 9.17) is 9.47 Å². The van der Waals surface area contributed by atoms with E-state index in [0.717, 1.165) is 64.2 Å². The van der Waals surface area contributed by atoms with Crippen LogP contribution in [0.2, 0.25) is 0 Å². The van der Waals surface area contributed by atoms with Crippen LogP contribution >= 0.6 is 0 Å². The second kappa shape index (κ2) is 41.3. The Morgan fingerprint density at radius 1 is 0.480 bits per heavy atom. The van der Waals surface area contributed by atoms with Gasteiger partial charge >= 0.3 is 11.9 Å². The number of esters is 2. The van der Waals surface area contributed by atoms with Crippen LogP contribution < -0.4 is 0 Å². The van der Waals surface area contributed by atoms with Crippen molar-refractivity contribution < 1.29 is 24.2 Å². The molecule has 0 aliphatic carbocycles. The second-order valence-electron chi connectivity index (χ2n) is 14.0. The number of hydrogen-bond donors (Lipinski definition) is 1. The lowest BCUT2D eigenvalue weighted by Gasteiger charge is -2.15. The van der Waals surface area contributed by atoms with Gasteiger partial charge in [-0.05, 0) is 51.4 Å². The summed E-state index contributed by atoms with van der Waals surface area (Å²) in [6, 6.07) is 0. The number of unbranched alkanes of at least 4 members (excludes halogenated alkanes) is 22. The maximum absolute atomic E-state index is 12.2. The topological polar surface area (TPSA) is 72.8 Å². The molecule has 50 heavy (non-hydrogen) atoms. The molecule has 0 aromatic rings. The van der Waals surface area contributed by atoms with Gasteiger partial charge in [0.15, 0.2) is 6.10 Å². The lowest BCUT2D eigenvalue weighted by Crippen LogP contribution is -2.28. The summed E-state index contributed by atoms with van der Waals surface area (Å²) < 4.78 is 10.6. The van der Waals surface area contributed by atoms with Gasteiger partial charge < -0.3 is 14.6 Å². The fourth-order valence-corrected chi connectivity index (χ4v) is 5.96. The fraction of sp³-hybridized carbons (Fsp3) is 0.778. The monoisotopic (exact) mass is 701 g/mol. The van der Waals surface area contributed by atoms with Gasteiger partial charge in [-0.3, -0.25) is 9.59 Å². The van der Waals surface area contributed by atoms with E-state index in [9.17, 15) is 14.7 Å². The van der Waals surface area contributed by atoms with Gasteiger partial charge in [-0.15, -0.1) is 0 Å². The molecule has 1 N–H and O–H groups in total. The molecular formula is C45H80O5. The minimum Gasteiger partial charge on any atom is -0.462 e. The Bertz CT molecular complexity index is 842. The van der Waals surface area contributed by atoms with E-state index < -0.39 is 6.10 Å². The van der Waals surface area contributed by atoms with Crippen LogP contribution in [0.3, 0.4) is 0 Å². The first-order chi connectivity index (χ1) is 24.6. The highest BCUT2D eigenvalue weighted by Crippen LogP contribution is 2.15. The lowest BCUT2D eigenvalue weighted by molar-refractivity contribution is -0.161. The number of aliphatic hydroxyl groups is 1. The molecule has 0 fully saturated rings. The maximum atomic E-state index is 12.2. The van der Waals surface area contributed by atoms with E-state index in [1.165, 1.54) is 116 Å². The summed E-state index contributed by atoms with van der Waals surface area (Å²) in [7, 11) is 0. The largest absolute Gasteiger partial charge is 0.462 e. The van der Waals surface area contributed by atoms with Crippen molar-refractivity contribution in [3.05, 3.63) is 48.6 Å². The van der Waals surface area contributed by atoms with Crippen LogP contribution in [-0.4, -0.2) is 36.4 Å². The number of ether oxygens (including phenoxy) is 2. The Morgan fingerprint density at radius 3 is 1.30 bits per heavy atom. The lowest BCUT2D eigenvalue weighted by atomic mass is 10.0. The quantitative estimate of drug-likeness (QED) is 0.0394. The summed E-state index contributed by atoms with van der Waals surface area (Å²) in [5, 5.41) is 9.56. The summed E-state index contributed by atoms with van der Waals surface area (Å²) in [5.74, 6) is -0.634. The van der Waals surface area contributed by atoms with Crippen LogP contribution in [0, 0.1) is 0 Å². The predicted molar refractivity (Wildman–Crippen MR) is 214 cm³/mol. The fourth-order valence-electron chi connectivity index (χ4n) is 5.96. The minimum atomic E-state index is -0.786. The molecule has 0 radical (unpaired) electrons. The molecule has 0 aromatic heterocycles. The molecular weight excluding hydrogens is 620 g/mol. The van der Waals surface area contributed by atoms with Gasteiger partial charge in [0.1, 0.15) is 6.61 Å². The molecule has 0 aromatic carbocycles. The van der Waals surface area contributed by atoms with Gasteiger partial charge in [0.25, 0.3) is 0 Å². The number of carbonyl (C=O) groups excluding carboxylic acids is 2. The molecule has 0 aliphatic heterocycles. The summed E-state index contributed by atoms with van der Waals surface area (Å²) in [6.07, 6.45) is 51.9. The molecule has 0 spiro atoms. The first-order valence-corrected chi connectivity index (χ1v) is 21.2. The van der Waals surface area contributed by atoms with E-state index in [-0.39, 0.29) is 25.2 Å². The second-order valence-corrected chi connectivity index (χ2v) is 14.0. The summed E-state index contributed by atoms with van der Waals surface area (Å²) in [5.41, 5.74) is 0. The zero-order chi connectivity index (χ0) is 36.4. The van der Waals surface area contributed by atoms with Crippen LogP contribution in [0.5, 0.6) is 0 Å². The Kier molecular flexibility index (Phi) is 39.5. The Labute approximate surface area is 309 Å². The molecule has 0 unspecified atom stereocenters.